The van der Waals surface area contributed by atoms with E-state index in [4.69, 9.17) is 10.00 Å². The number of aliphatic imine (C=N–C) groups is 1. The second-order valence-electron chi connectivity index (χ2n) is 4.11. The lowest BCUT2D eigenvalue weighted by Gasteiger charge is -2.03. The zero-order valence-electron chi connectivity index (χ0n) is 10.6. The first-order valence-corrected chi connectivity index (χ1v) is 5.79. The smallest absolute Gasteiger partial charge is 0.194 e. The van der Waals surface area contributed by atoms with E-state index in [0.29, 0.717) is 23.9 Å². The first-order chi connectivity index (χ1) is 8.17. The van der Waals surface area contributed by atoms with Gasteiger partial charge in [-0.15, -0.1) is 0 Å². The Labute approximate surface area is 102 Å². The minimum absolute atomic E-state index is 0.421. The van der Waals surface area contributed by atoms with Gasteiger partial charge in [-0.1, -0.05) is 13.8 Å². The zero-order valence-corrected chi connectivity index (χ0v) is 10.6. The molecule has 0 amide bonds. The largest absolute Gasteiger partial charge is 0.483 e. The molecule has 0 saturated heterocycles. The molecule has 17 heavy (non-hydrogen) atoms. The van der Waals surface area contributed by atoms with Gasteiger partial charge >= 0.3 is 0 Å². The molecule has 1 aromatic rings. The lowest BCUT2D eigenvalue weighted by molar-refractivity contribution is 0.344. The predicted molar refractivity (Wildman–Crippen MR) is 66.2 cm³/mol. The van der Waals surface area contributed by atoms with Gasteiger partial charge in [-0.05, 0) is 19.3 Å². The molecule has 0 aromatic carbocycles. The van der Waals surface area contributed by atoms with Crippen molar-refractivity contribution in [2.24, 2.45) is 10.9 Å². The molecule has 0 N–H and O–H groups in total. The van der Waals surface area contributed by atoms with Crippen LogP contribution >= 0.6 is 0 Å². The lowest BCUT2D eigenvalue weighted by atomic mass is 10.1. The van der Waals surface area contributed by atoms with Gasteiger partial charge < -0.3 is 4.74 Å². The van der Waals surface area contributed by atoms with Gasteiger partial charge in [0.15, 0.2) is 12.2 Å². The summed E-state index contributed by atoms with van der Waals surface area (Å²) >= 11 is 0. The first kappa shape index (κ1) is 13.2. The van der Waals surface area contributed by atoms with Crippen molar-refractivity contribution < 1.29 is 4.74 Å². The second kappa shape index (κ2) is 6.69. The van der Waals surface area contributed by atoms with Gasteiger partial charge in [0.2, 0.25) is 0 Å². The number of nitriles is 1. The molecule has 0 atom stereocenters. The van der Waals surface area contributed by atoms with E-state index in [9.17, 15) is 0 Å². The fraction of sp³-hybridized carbons (Fsp3) is 0.583. The average Bonchev–Trinajstić information content (AvgIpc) is 2.69. The van der Waals surface area contributed by atoms with E-state index in [0.717, 1.165) is 13.0 Å². The first-order valence-electron chi connectivity index (χ1n) is 5.79. The van der Waals surface area contributed by atoms with Gasteiger partial charge in [0.05, 0.1) is 6.61 Å². The van der Waals surface area contributed by atoms with E-state index in [2.05, 4.69) is 30.0 Å². The van der Waals surface area contributed by atoms with E-state index in [1.165, 1.54) is 6.40 Å². The number of nitrogens with zero attached hydrogens (tertiary/aromatic N) is 4. The Balaban J connectivity index is 2.73. The highest BCUT2D eigenvalue weighted by Crippen LogP contribution is 2.15. The molecule has 0 aliphatic heterocycles. The molecule has 92 valence electrons. The van der Waals surface area contributed by atoms with Crippen LogP contribution in [0.5, 0.6) is 0 Å². The Bertz CT molecular complexity index is 415. The summed E-state index contributed by atoms with van der Waals surface area (Å²) in [5.74, 6) is 1.03. The third-order valence-corrected chi connectivity index (χ3v) is 2.21. The summed E-state index contributed by atoms with van der Waals surface area (Å²) in [5, 5.41) is 13.2. The van der Waals surface area contributed by atoms with Crippen molar-refractivity contribution >= 4 is 12.2 Å². The van der Waals surface area contributed by atoms with Gasteiger partial charge in [0.25, 0.3) is 0 Å². The molecule has 0 bridgehead atoms. The highest BCUT2D eigenvalue weighted by Gasteiger charge is 2.07. The monoisotopic (exact) mass is 234 g/mol. The molecule has 1 rings (SSSR count). The molecule has 5 nitrogen and oxygen atoms in total. The number of aromatic nitrogens is 2. The summed E-state index contributed by atoms with van der Waals surface area (Å²) in [6.07, 6.45) is 4.08. The summed E-state index contributed by atoms with van der Waals surface area (Å²) in [6, 6.07) is 2.08. The Morgan fingerprint density at radius 2 is 2.41 bits per heavy atom. The van der Waals surface area contributed by atoms with Gasteiger partial charge in [-0.3, -0.25) is 4.68 Å². The number of hydrogen-bond acceptors (Lipinski definition) is 4. The van der Waals surface area contributed by atoms with Crippen molar-refractivity contribution in [3.05, 3.63) is 11.8 Å². The van der Waals surface area contributed by atoms with E-state index in [1.807, 2.05) is 6.92 Å². The molecule has 0 aliphatic rings. The molecule has 0 radical (unpaired) electrons. The molecule has 0 spiro atoms. The van der Waals surface area contributed by atoms with Crippen molar-refractivity contribution in [3.63, 3.8) is 0 Å². The van der Waals surface area contributed by atoms with Crippen LogP contribution in [0.3, 0.4) is 0 Å². The van der Waals surface area contributed by atoms with Gasteiger partial charge in [-0.2, -0.15) is 15.4 Å². The van der Waals surface area contributed by atoms with Crippen LogP contribution in [0, 0.1) is 17.2 Å². The van der Waals surface area contributed by atoms with Crippen LogP contribution in [0.15, 0.2) is 11.2 Å². The van der Waals surface area contributed by atoms with Crippen molar-refractivity contribution in [2.75, 3.05) is 6.61 Å². The molecule has 0 fully saturated rings. The Morgan fingerprint density at radius 1 is 1.65 bits per heavy atom. The molecule has 1 heterocycles. The number of ether oxygens (including phenoxy) is 1. The molecular weight excluding hydrogens is 216 g/mol. The SMILES string of the molecule is CCOC=Nc1nn(CCC(C)C)cc1C#N. The standard InChI is InChI=1S/C12H18N4O/c1-4-17-9-14-12-11(7-13)8-16(15-12)6-5-10(2)3/h8-10H,4-6H2,1-3H3. The maximum atomic E-state index is 8.95. The van der Waals surface area contributed by atoms with Crippen molar-refractivity contribution in [1.82, 2.24) is 9.78 Å². The fourth-order valence-corrected chi connectivity index (χ4v) is 1.25. The average molecular weight is 234 g/mol. The Kier molecular flexibility index (Phi) is 5.21. The number of hydrogen-bond donors (Lipinski definition) is 0. The predicted octanol–water partition coefficient (Wildman–Crippen LogP) is 2.50. The third-order valence-electron chi connectivity index (χ3n) is 2.21. The van der Waals surface area contributed by atoms with Crippen molar-refractivity contribution in [1.29, 1.82) is 5.26 Å². The molecule has 5 heteroatoms. The summed E-state index contributed by atoms with van der Waals surface area (Å²) < 4.78 is 6.76. The zero-order chi connectivity index (χ0) is 12.7. The van der Waals surface area contributed by atoms with Gasteiger partial charge in [0, 0.05) is 12.7 Å². The van der Waals surface area contributed by atoms with E-state index < -0.39 is 0 Å². The van der Waals surface area contributed by atoms with Gasteiger partial charge in [0.1, 0.15) is 11.6 Å². The van der Waals surface area contributed by atoms with Crippen LogP contribution in [-0.4, -0.2) is 22.8 Å². The van der Waals surface area contributed by atoms with Crippen LogP contribution in [0.1, 0.15) is 32.8 Å². The number of rotatable bonds is 6. The molecule has 0 unspecified atom stereocenters. The lowest BCUT2D eigenvalue weighted by Crippen LogP contribution is -2.01. The van der Waals surface area contributed by atoms with Crippen molar-refractivity contribution in [2.45, 2.75) is 33.7 Å². The minimum Gasteiger partial charge on any atom is -0.483 e. The Morgan fingerprint density at radius 3 is 3.00 bits per heavy atom. The van der Waals surface area contributed by atoms with E-state index in [1.54, 1.807) is 10.9 Å². The fourth-order valence-electron chi connectivity index (χ4n) is 1.25. The van der Waals surface area contributed by atoms with E-state index in [-0.39, 0.29) is 0 Å². The van der Waals surface area contributed by atoms with Crippen LogP contribution in [0.4, 0.5) is 5.82 Å². The van der Waals surface area contributed by atoms with Crippen LogP contribution in [0.2, 0.25) is 0 Å². The summed E-state index contributed by atoms with van der Waals surface area (Å²) in [5.41, 5.74) is 0.477. The van der Waals surface area contributed by atoms with Crippen LogP contribution in [0.25, 0.3) is 0 Å². The maximum Gasteiger partial charge on any atom is 0.194 e. The van der Waals surface area contributed by atoms with Crippen LogP contribution < -0.4 is 0 Å². The van der Waals surface area contributed by atoms with E-state index >= 15 is 0 Å². The molecule has 0 saturated carbocycles. The quantitative estimate of drug-likeness (QED) is 0.561. The summed E-state index contributed by atoms with van der Waals surface area (Å²) in [7, 11) is 0. The van der Waals surface area contributed by atoms with Crippen LogP contribution in [-0.2, 0) is 11.3 Å². The number of aryl methyl sites for hydroxylation is 1. The normalized spacial score (nSPS) is 11.0. The molecular formula is C12H18N4O. The maximum absolute atomic E-state index is 8.95. The second-order valence-corrected chi connectivity index (χ2v) is 4.11. The summed E-state index contributed by atoms with van der Waals surface area (Å²) in [4.78, 5) is 4.01. The molecule has 0 aliphatic carbocycles. The highest BCUT2D eigenvalue weighted by molar-refractivity contribution is 5.57. The molecule has 1 aromatic heterocycles. The third kappa shape index (κ3) is 4.27. The van der Waals surface area contributed by atoms with Gasteiger partial charge in [-0.25, -0.2) is 0 Å². The highest BCUT2D eigenvalue weighted by atomic mass is 16.5. The van der Waals surface area contributed by atoms with Crippen molar-refractivity contribution in [3.8, 4) is 6.07 Å². The Hall–Kier alpha value is -1.83. The minimum atomic E-state index is 0.421. The summed E-state index contributed by atoms with van der Waals surface area (Å²) in [6.45, 7) is 7.54. The topological polar surface area (TPSA) is 63.2 Å².